The largest absolute Gasteiger partial charge is 0.493 e. The van der Waals surface area contributed by atoms with Crippen molar-refractivity contribution in [3.8, 4) is 11.5 Å². The molecule has 0 aromatic heterocycles. The lowest BCUT2D eigenvalue weighted by atomic mass is 10.1. The van der Waals surface area contributed by atoms with Crippen LogP contribution in [0.2, 0.25) is 0 Å². The summed E-state index contributed by atoms with van der Waals surface area (Å²) in [6.07, 6.45) is 2.07. The summed E-state index contributed by atoms with van der Waals surface area (Å²) in [5.41, 5.74) is 1.23. The number of nitrogens with one attached hydrogen (secondary N) is 1. The smallest absolute Gasteiger partial charge is 0.161 e. The van der Waals surface area contributed by atoms with Gasteiger partial charge in [0.2, 0.25) is 0 Å². The van der Waals surface area contributed by atoms with Gasteiger partial charge in [0.15, 0.2) is 11.5 Å². The summed E-state index contributed by atoms with van der Waals surface area (Å²) in [6.45, 7) is 2.44. The Bertz CT molecular complexity index is 407. The van der Waals surface area contributed by atoms with Crippen LogP contribution in [0.15, 0.2) is 17.0 Å². The quantitative estimate of drug-likeness (QED) is 0.799. The molecule has 100 valence electrons. The maximum absolute atomic E-state index is 5.34. The average Bonchev–Trinajstić information content (AvgIpc) is 2.36. The van der Waals surface area contributed by atoms with Crippen molar-refractivity contribution in [2.45, 2.75) is 17.5 Å². The molecule has 0 radical (unpaired) electrons. The lowest BCUT2D eigenvalue weighted by molar-refractivity contribution is -0.00586. The Morgan fingerprint density at radius 3 is 2.44 bits per heavy atom. The Hall–Kier alpha value is -0.910. The maximum atomic E-state index is 5.34. The fraction of sp³-hybridized carbons (Fsp3) is 0.538. The summed E-state index contributed by atoms with van der Waals surface area (Å²) in [4.78, 5) is 1.21. The Balaban J connectivity index is 2.15. The molecule has 1 aromatic rings. The fourth-order valence-electron chi connectivity index (χ4n) is 1.84. The van der Waals surface area contributed by atoms with Crippen LogP contribution in [0.25, 0.3) is 0 Å². The Morgan fingerprint density at radius 1 is 1.28 bits per heavy atom. The molecule has 1 heterocycles. The van der Waals surface area contributed by atoms with Gasteiger partial charge in [-0.3, -0.25) is 0 Å². The highest BCUT2D eigenvalue weighted by Gasteiger charge is 2.18. The molecule has 0 bridgehead atoms. The van der Waals surface area contributed by atoms with E-state index in [0.717, 1.165) is 31.3 Å². The lowest BCUT2D eigenvalue weighted by Gasteiger charge is -2.27. The molecule has 1 N–H and O–H groups in total. The number of ether oxygens (including phenoxy) is 3. The van der Waals surface area contributed by atoms with Gasteiger partial charge in [-0.05, 0) is 24.0 Å². The highest BCUT2D eigenvalue weighted by molar-refractivity contribution is 7.98. The summed E-state index contributed by atoms with van der Waals surface area (Å²) in [5, 5.41) is 3.46. The van der Waals surface area contributed by atoms with Crippen molar-refractivity contribution in [3.63, 3.8) is 0 Å². The van der Waals surface area contributed by atoms with Gasteiger partial charge in [-0.25, -0.2) is 0 Å². The molecule has 0 amide bonds. The van der Waals surface area contributed by atoms with E-state index >= 15 is 0 Å². The third-order valence-electron chi connectivity index (χ3n) is 3.01. The third kappa shape index (κ3) is 2.91. The van der Waals surface area contributed by atoms with E-state index in [1.165, 1.54) is 10.5 Å². The normalized spacial score (nSPS) is 15.3. The molecule has 2 rings (SSSR count). The van der Waals surface area contributed by atoms with E-state index in [9.17, 15) is 0 Å². The second-order valence-electron chi connectivity index (χ2n) is 4.13. The predicted molar refractivity (Wildman–Crippen MR) is 72.8 cm³/mol. The van der Waals surface area contributed by atoms with E-state index in [1.54, 1.807) is 26.0 Å². The standard InChI is InChI=1S/C13H19NO3S/c1-15-11-4-9(6-14-10-7-17-8-10)13(18-3)5-12(11)16-2/h4-5,10,14H,6-8H2,1-3H3. The maximum Gasteiger partial charge on any atom is 0.161 e. The first kappa shape index (κ1) is 13.5. The molecule has 4 nitrogen and oxygen atoms in total. The summed E-state index contributed by atoms with van der Waals surface area (Å²) in [6, 6.07) is 4.54. The Kier molecular flexibility index (Phi) is 4.74. The fourth-order valence-corrected chi connectivity index (χ4v) is 2.46. The van der Waals surface area contributed by atoms with Crippen molar-refractivity contribution < 1.29 is 14.2 Å². The monoisotopic (exact) mass is 269 g/mol. The minimum Gasteiger partial charge on any atom is -0.493 e. The van der Waals surface area contributed by atoms with Gasteiger partial charge in [0, 0.05) is 11.4 Å². The molecule has 1 aliphatic rings. The minimum absolute atomic E-state index is 0.479. The van der Waals surface area contributed by atoms with Crippen LogP contribution >= 0.6 is 11.8 Å². The summed E-state index contributed by atoms with van der Waals surface area (Å²) >= 11 is 1.71. The van der Waals surface area contributed by atoms with Crippen molar-refractivity contribution in [2.75, 3.05) is 33.7 Å². The second-order valence-corrected chi connectivity index (χ2v) is 4.98. The van der Waals surface area contributed by atoms with Crippen molar-refractivity contribution >= 4 is 11.8 Å². The van der Waals surface area contributed by atoms with Gasteiger partial charge in [-0.2, -0.15) is 0 Å². The Morgan fingerprint density at radius 2 is 1.94 bits per heavy atom. The number of benzene rings is 1. The number of methoxy groups -OCH3 is 2. The van der Waals surface area contributed by atoms with E-state index in [0.29, 0.717) is 6.04 Å². The van der Waals surface area contributed by atoms with Crippen LogP contribution in [0.4, 0.5) is 0 Å². The molecule has 1 aliphatic heterocycles. The molecular weight excluding hydrogens is 250 g/mol. The Labute approximate surface area is 112 Å². The van der Waals surface area contributed by atoms with Crippen LogP contribution < -0.4 is 14.8 Å². The molecule has 1 fully saturated rings. The topological polar surface area (TPSA) is 39.7 Å². The van der Waals surface area contributed by atoms with Crippen LogP contribution in [0.1, 0.15) is 5.56 Å². The van der Waals surface area contributed by atoms with Crippen LogP contribution in [0.3, 0.4) is 0 Å². The molecule has 0 spiro atoms. The molecule has 1 saturated heterocycles. The molecule has 0 unspecified atom stereocenters. The van der Waals surface area contributed by atoms with Crippen LogP contribution in [-0.2, 0) is 11.3 Å². The first-order valence-electron chi connectivity index (χ1n) is 5.88. The SMILES string of the molecule is COc1cc(CNC2COC2)c(SC)cc1OC. The zero-order valence-electron chi connectivity index (χ0n) is 11.0. The molecule has 0 aliphatic carbocycles. The highest BCUT2D eigenvalue weighted by atomic mass is 32.2. The van der Waals surface area contributed by atoms with E-state index in [1.807, 2.05) is 12.1 Å². The number of thioether (sulfide) groups is 1. The first-order valence-corrected chi connectivity index (χ1v) is 7.11. The number of rotatable bonds is 6. The summed E-state index contributed by atoms with van der Waals surface area (Å²) in [5.74, 6) is 1.55. The van der Waals surface area contributed by atoms with E-state index in [4.69, 9.17) is 14.2 Å². The van der Waals surface area contributed by atoms with Gasteiger partial charge in [0.05, 0.1) is 33.5 Å². The van der Waals surface area contributed by atoms with Crippen molar-refractivity contribution in [1.29, 1.82) is 0 Å². The van der Waals surface area contributed by atoms with E-state index in [2.05, 4.69) is 11.6 Å². The number of hydrogen-bond acceptors (Lipinski definition) is 5. The average molecular weight is 269 g/mol. The molecule has 5 heteroatoms. The zero-order valence-corrected chi connectivity index (χ0v) is 11.8. The van der Waals surface area contributed by atoms with Gasteiger partial charge in [-0.1, -0.05) is 0 Å². The summed E-state index contributed by atoms with van der Waals surface area (Å²) < 4.78 is 15.8. The second kappa shape index (κ2) is 6.31. The van der Waals surface area contributed by atoms with Crippen molar-refractivity contribution in [3.05, 3.63) is 17.7 Å². The van der Waals surface area contributed by atoms with E-state index in [-0.39, 0.29) is 0 Å². The lowest BCUT2D eigenvalue weighted by Crippen LogP contribution is -2.45. The molecular formula is C13H19NO3S. The molecule has 1 aromatic carbocycles. The van der Waals surface area contributed by atoms with Crippen molar-refractivity contribution in [1.82, 2.24) is 5.32 Å². The van der Waals surface area contributed by atoms with Gasteiger partial charge < -0.3 is 19.5 Å². The third-order valence-corrected chi connectivity index (χ3v) is 3.83. The first-order chi connectivity index (χ1) is 8.78. The summed E-state index contributed by atoms with van der Waals surface area (Å²) in [7, 11) is 3.32. The van der Waals surface area contributed by atoms with Crippen molar-refractivity contribution in [2.24, 2.45) is 0 Å². The zero-order chi connectivity index (χ0) is 13.0. The van der Waals surface area contributed by atoms with Gasteiger partial charge in [0.25, 0.3) is 0 Å². The van der Waals surface area contributed by atoms with E-state index < -0.39 is 0 Å². The highest BCUT2D eigenvalue weighted by Crippen LogP contribution is 2.34. The minimum atomic E-state index is 0.479. The molecule has 0 atom stereocenters. The molecule has 18 heavy (non-hydrogen) atoms. The molecule has 0 saturated carbocycles. The predicted octanol–water partition coefficient (Wildman–Crippen LogP) is 1.91. The van der Waals surface area contributed by atoms with Gasteiger partial charge in [-0.15, -0.1) is 11.8 Å². The van der Waals surface area contributed by atoms with Crippen LogP contribution in [-0.4, -0.2) is 39.7 Å². The van der Waals surface area contributed by atoms with Crippen LogP contribution in [0.5, 0.6) is 11.5 Å². The van der Waals surface area contributed by atoms with Gasteiger partial charge >= 0.3 is 0 Å². The number of hydrogen-bond donors (Lipinski definition) is 1. The van der Waals surface area contributed by atoms with Gasteiger partial charge in [0.1, 0.15) is 0 Å². The van der Waals surface area contributed by atoms with Crippen LogP contribution in [0, 0.1) is 0 Å².